The summed E-state index contributed by atoms with van der Waals surface area (Å²) < 4.78 is 15.8. The van der Waals surface area contributed by atoms with Crippen molar-refractivity contribution in [2.45, 2.75) is 44.8 Å². The maximum atomic E-state index is 13.7. The first-order valence-electron chi connectivity index (χ1n) is 11.0. The molecular weight excluding hydrogens is 405 g/mol. The Bertz CT molecular complexity index is 1340. The highest BCUT2D eigenvalue weighted by Crippen LogP contribution is 2.46. The van der Waals surface area contributed by atoms with Gasteiger partial charge in [-0.2, -0.15) is 5.10 Å². The van der Waals surface area contributed by atoms with Crippen LogP contribution in [0.3, 0.4) is 0 Å². The van der Waals surface area contributed by atoms with Crippen LogP contribution in [-0.2, 0) is 17.8 Å². The van der Waals surface area contributed by atoms with Crippen molar-refractivity contribution in [1.82, 2.24) is 19.7 Å². The van der Waals surface area contributed by atoms with Gasteiger partial charge in [-0.3, -0.25) is 9.89 Å². The zero-order valence-corrected chi connectivity index (χ0v) is 17.8. The Morgan fingerprint density at radius 2 is 2.06 bits per heavy atom. The molecule has 2 aromatic carbocycles. The summed E-state index contributed by atoms with van der Waals surface area (Å²) in [6.07, 6.45) is 2.65. The largest absolute Gasteiger partial charge is 0.338 e. The number of rotatable bonds is 4. The second kappa shape index (κ2) is 7.22. The average Bonchev–Trinajstić information content (AvgIpc) is 3.42. The number of carbonyl (C=O) groups is 1. The van der Waals surface area contributed by atoms with Crippen molar-refractivity contribution < 1.29 is 9.18 Å². The molecule has 1 fully saturated rings. The summed E-state index contributed by atoms with van der Waals surface area (Å²) in [7, 11) is 0. The van der Waals surface area contributed by atoms with E-state index >= 15 is 0 Å². The van der Waals surface area contributed by atoms with E-state index in [4.69, 9.17) is 0 Å². The van der Waals surface area contributed by atoms with Gasteiger partial charge >= 0.3 is 0 Å². The fourth-order valence-corrected chi connectivity index (χ4v) is 5.45. The van der Waals surface area contributed by atoms with Crippen LogP contribution < -0.4 is 5.32 Å². The van der Waals surface area contributed by atoms with Crippen LogP contribution in [0.25, 0.3) is 10.9 Å². The van der Waals surface area contributed by atoms with Crippen LogP contribution in [0.1, 0.15) is 35.8 Å². The molecular formula is C25H24FN5O. The lowest BCUT2D eigenvalue weighted by Crippen LogP contribution is -2.43. The first-order chi connectivity index (χ1) is 15.6. The van der Waals surface area contributed by atoms with E-state index < -0.39 is 0 Å². The Labute approximate surface area is 185 Å². The predicted molar refractivity (Wildman–Crippen MR) is 121 cm³/mol. The molecule has 32 heavy (non-hydrogen) atoms. The summed E-state index contributed by atoms with van der Waals surface area (Å²) in [5.41, 5.74) is 4.92. The zero-order valence-electron chi connectivity index (χ0n) is 17.8. The Kier molecular flexibility index (Phi) is 4.31. The molecule has 6 rings (SSSR count). The van der Waals surface area contributed by atoms with E-state index in [1.807, 2.05) is 25.1 Å². The maximum Gasteiger partial charge on any atom is 0.243 e. The van der Waals surface area contributed by atoms with E-state index in [0.717, 1.165) is 47.1 Å². The van der Waals surface area contributed by atoms with Crippen molar-refractivity contribution in [2.75, 3.05) is 5.32 Å². The predicted octanol–water partition coefficient (Wildman–Crippen LogP) is 4.84. The van der Waals surface area contributed by atoms with E-state index in [-0.39, 0.29) is 23.8 Å². The number of hydrogen-bond donors (Lipinski definition) is 2. The second-order valence-electron chi connectivity index (χ2n) is 8.78. The number of nitrogens with zero attached hydrogens (tertiary/aromatic N) is 3. The molecule has 1 saturated heterocycles. The molecule has 2 unspecified atom stereocenters. The summed E-state index contributed by atoms with van der Waals surface area (Å²) in [5, 5.41) is 12.0. The van der Waals surface area contributed by atoms with Gasteiger partial charge in [-0.15, -0.1) is 0 Å². The lowest BCUT2D eigenvalue weighted by atomic mass is 9.99. The summed E-state index contributed by atoms with van der Waals surface area (Å²) in [5.74, 6) is 0.508. The van der Waals surface area contributed by atoms with E-state index in [2.05, 4.69) is 43.2 Å². The Balaban J connectivity index is 1.31. The minimum absolute atomic E-state index is 0.0202. The lowest BCUT2D eigenvalue weighted by molar-refractivity contribution is -0.135. The highest BCUT2D eigenvalue weighted by Gasteiger charge is 2.45. The summed E-state index contributed by atoms with van der Waals surface area (Å²) in [6, 6.07) is 16.8. The second-order valence-corrected chi connectivity index (χ2v) is 8.78. The van der Waals surface area contributed by atoms with Crippen molar-refractivity contribution >= 4 is 28.3 Å². The number of anilines is 2. The number of amides is 1. The highest BCUT2D eigenvalue weighted by atomic mass is 19.1. The van der Waals surface area contributed by atoms with E-state index in [9.17, 15) is 9.18 Å². The smallest absolute Gasteiger partial charge is 0.243 e. The Hall–Kier alpha value is -3.61. The number of fused-ring (bicyclic) bond motifs is 5. The van der Waals surface area contributed by atoms with Crippen LogP contribution >= 0.6 is 0 Å². The maximum absolute atomic E-state index is 13.7. The molecule has 1 amide bonds. The quantitative estimate of drug-likeness (QED) is 0.488. The van der Waals surface area contributed by atoms with Crippen LogP contribution in [-0.4, -0.2) is 31.6 Å². The van der Waals surface area contributed by atoms with E-state index in [1.54, 1.807) is 6.07 Å². The number of H-pyrrole nitrogens is 1. The fourth-order valence-electron chi connectivity index (χ4n) is 5.45. The molecule has 162 valence electrons. The van der Waals surface area contributed by atoms with Crippen molar-refractivity contribution in [2.24, 2.45) is 0 Å². The molecule has 2 N–H and O–H groups in total. The van der Waals surface area contributed by atoms with Gasteiger partial charge in [0.15, 0.2) is 5.82 Å². The van der Waals surface area contributed by atoms with Gasteiger partial charge in [-0.1, -0.05) is 24.3 Å². The van der Waals surface area contributed by atoms with Gasteiger partial charge in [0.2, 0.25) is 5.91 Å². The Morgan fingerprint density at radius 3 is 2.94 bits per heavy atom. The van der Waals surface area contributed by atoms with Crippen molar-refractivity contribution in [1.29, 1.82) is 0 Å². The van der Waals surface area contributed by atoms with Crippen LogP contribution in [0.2, 0.25) is 0 Å². The third-order valence-corrected chi connectivity index (χ3v) is 6.84. The van der Waals surface area contributed by atoms with Gasteiger partial charge in [0.05, 0.1) is 6.04 Å². The third-order valence-electron chi connectivity index (χ3n) is 6.84. The molecule has 2 atom stereocenters. The first-order valence-corrected chi connectivity index (χ1v) is 11.0. The standard InChI is InChI=1S/C25H24FN5O/c1-15-11-16-5-2-3-8-21(16)30(15)14-23(32)31-19-9-10-22(31)24-20(13-19)28-29-25(24)27-18-7-4-6-17(26)12-18/h2-8,11-12,19,22H,9-10,13-14H2,1H3,(H2,27,28,29). The van der Waals surface area contributed by atoms with Gasteiger partial charge in [-0.05, 0) is 55.5 Å². The topological polar surface area (TPSA) is 66.0 Å². The van der Waals surface area contributed by atoms with Gasteiger partial charge in [0.25, 0.3) is 0 Å². The summed E-state index contributed by atoms with van der Waals surface area (Å²) in [6.45, 7) is 2.37. The van der Waals surface area contributed by atoms with E-state index in [1.165, 1.54) is 12.1 Å². The van der Waals surface area contributed by atoms with Gasteiger partial charge in [0.1, 0.15) is 12.4 Å². The molecule has 2 bridgehead atoms. The fraction of sp³-hybridized carbons (Fsp3) is 0.280. The number of aryl methyl sites for hydroxylation is 1. The molecule has 0 saturated carbocycles. The molecule has 7 heteroatoms. The van der Waals surface area contributed by atoms with E-state index in [0.29, 0.717) is 18.1 Å². The van der Waals surface area contributed by atoms with Gasteiger partial charge in [0, 0.05) is 40.6 Å². The number of carbonyl (C=O) groups excluding carboxylic acids is 1. The number of benzene rings is 2. The summed E-state index contributed by atoms with van der Waals surface area (Å²) >= 11 is 0. The minimum atomic E-state index is -0.300. The van der Waals surface area contributed by atoms with Crippen LogP contribution in [0, 0.1) is 12.7 Å². The molecule has 0 aliphatic carbocycles. The minimum Gasteiger partial charge on any atom is -0.338 e. The van der Waals surface area contributed by atoms with Crippen LogP contribution in [0.5, 0.6) is 0 Å². The number of aromatic amines is 1. The molecule has 2 aromatic heterocycles. The molecule has 0 radical (unpaired) electrons. The van der Waals surface area contributed by atoms with Gasteiger partial charge in [-0.25, -0.2) is 4.39 Å². The third kappa shape index (κ3) is 2.99. The number of aromatic nitrogens is 3. The normalized spacial score (nSPS) is 19.4. The number of halogens is 1. The SMILES string of the molecule is Cc1cc2ccccc2n1CC(=O)N1C2CCC1c1c(Nc3cccc(F)c3)n[nH]c1C2. The first kappa shape index (κ1) is 19.1. The highest BCUT2D eigenvalue weighted by molar-refractivity contribution is 5.85. The van der Waals surface area contributed by atoms with Crippen molar-refractivity contribution in [3.05, 3.63) is 77.4 Å². The molecule has 2 aliphatic heterocycles. The van der Waals surface area contributed by atoms with Crippen molar-refractivity contribution in [3.8, 4) is 0 Å². The lowest BCUT2D eigenvalue weighted by Gasteiger charge is -2.35. The molecule has 0 spiro atoms. The van der Waals surface area contributed by atoms with Crippen LogP contribution in [0.4, 0.5) is 15.9 Å². The Morgan fingerprint density at radius 1 is 1.19 bits per heavy atom. The molecule has 2 aliphatic rings. The number of para-hydroxylation sites is 1. The average molecular weight is 429 g/mol. The van der Waals surface area contributed by atoms with Crippen molar-refractivity contribution in [3.63, 3.8) is 0 Å². The zero-order chi connectivity index (χ0) is 21.8. The molecule has 4 aromatic rings. The number of hydrogen-bond acceptors (Lipinski definition) is 3. The molecule has 6 nitrogen and oxygen atoms in total. The van der Waals surface area contributed by atoms with Crippen LogP contribution in [0.15, 0.2) is 54.6 Å². The molecule has 4 heterocycles. The van der Waals surface area contributed by atoms with Gasteiger partial charge < -0.3 is 14.8 Å². The monoisotopic (exact) mass is 429 g/mol. The number of nitrogens with one attached hydrogen (secondary N) is 2. The summed E-state index contributed by atoms with van der Waals surface area (Å²) in [4.78, 5) is 15.6.